The largest absolute Gasteiger partial charge is 0.395 e. The fraction of sp³-hybridized carbons (Fsp3) is 0.400. The minimum atomic E-state index is -0.502. The van der Waals surface area contributed by atoms with Crippen molar-refractivity contribution < 1.29 is 9.90 Å². The van der Waals surface area contributed by atoms with Crippen LogP contribution in [-0.4, -0.2) is 24.2 Å². The second-order valence-electron chi connectivity index (χ2n) is 4.18. The molecule has 1 aromatic carbocycles. The van der Waals surface area contributed by atoms with E-state index >= 15 is 0 Å². The first-order chi connectivity index (χ1) is 9.19. The highest BCUT2D eigenvalue weighted by atomic mass is 16.3. The lowest BCUT2D eigenvalue weighted by molar-refractivity contribution is 0.100. The molecule has 0 fully saturated rings. The number of anilines is 1. The molecule has 1 rings (SSSR count). The fourth-order valence-corrected chi connectivity index (χ4v) is 1.60. The molecule has 0 aliphatic heterocycles. The van der Waals surface area contributed by atoms with Crippen molar-refractivity contribution >= 4 is 11.6 Å². The number of amides is 1. The van der Waals surface area contributed by atoms with E-state index in [1.165, 1.54) is 0 Å². The van der Waals surface area contributed by atoms with E-state index in [0.29, 0.717) is 17.8 Å². The highest BCUT2D eigenvalue weighted by Gasteiger charge is 2.08. The van der Waals surface area contributed by atoms with Crippen molar-refractivity contribution in [2.75, 3.05) is 18.5 Å². The van der Waals surface area contributed by atoms with Crippen molar-refractivity contribution in [3.63, 3.8) is 0 Å². The van der Waals surface area contributed by atoms with E-state index in [-0.39, 0.29) is 6.61 Å². The molecule has 0 saturated heterocycles. The van der Waals surface area contributed by atoms with Crippen LogP contribution in [0.3, 0.4) is 0 Å². The Morgan fingerprint density at radius 1 is 1.47 bits per heavy atom. The second kappa shape index (κ2) is 8.17. The van der Waals surface area contributed by atoms with Gasteiger partial charge >= 0.3 is 0 Å². The van der Waals surface area contributed by atoms with Crippen molar-refractivity contribution in [3.05, 3.63) is 29.3 Å². The minimum Gasteiger partial charge on any atom is -0.395 e. The molecule has 0 aliphatic carbocycles. The summed E-state index contributed by atoms with van der Waals surface area (Å²) in [7, 11) is 0. The molecule has 0 bridgehead atoms. The van der Waals surface area contributed by atoms with Gasteiger partial charge in [-0.2, -0.15) is 0 Å². The zero-order chi connectivity index (χ0) is 14.1. The Morgan fingerprint density at radius 3 is 2.89 bits per heavy atom. The molecule has 4 nitrogen and oxygen atoms in total. The van der Waals surface area contributed by atoms with Gasteiger partial charge in [-0.3, -0.25) is 4.79 Å². The maximum Gasteiger partial charge on any atom is 0.250 e. The fourth-order valence-electron chi connectivity index (χ4n) is 1.60. The third-order valence-electron chi connectivity index (χ3n) is 2.60. The summed E-state index contributed by atoms with van der Waals surface area (Å²) in [6, 6.07) is 5.28. The lowest BCUT2D eigenvalue weighted by Gasteiger charge is -2.09. The molecule has 0 spiro atoms. The average molecular weight is 260 g/mol. The molecule has 0 radical (unpaired) electrons. The zero-order valence-electron chi connectivity index (χ0n) is 11.2. The molecule has 4 N–H and O–H groups in total. The van der Waals surface area contributed by atoms with Crippen LogP contribution in [0.1, 0.15) is 42.1 Å². The summed E-state index contributed by atoms with van der Waals surface area (Å²) in [5.74, 6) is 5.59. The van der Waals surface area contributed by atoms with Crippen molar-refractivity contribution in [2.24, 2.45) is 5.73 Å². The van der Waals surface area contributed by atoms with E-state index in [1.54, 1.807) is 12.1 Å². The normalized spacial score (nSPS) is 9.58. The third kappa shape index (κ3) is 5.02. The van der Waals surface area contributed by atoms with Gasteiger partial charge in [0.2, 0.25) is 0 Å². The number of primary amides is 1. The van der Waals surface area contributed by atoms with Crippen LogP contribution in [0, 0.1) is 11.8 Å². The number of hydrogen-bond donors (Lipinski definition) is 3. The Balaban J connectivity index is 2.88. The first-order valence-corrected chi connectivity index (χ1v) is 6.46. The molecular formula is C15H20N2O2. The SMILES string of the molecule is CCCCC#Cc1ccc(NCCO)c(C(N)=O)c1. The number of aliphatic hydroxyl groups excluding tert-OH is 1. The molecule has 102 valence electrons. The number of unbranched alkanes of at least 4 members (excludes halogenated alkanes) is 2. The molecule has 1 amide bonds. The van der Waals surface area contributed by atoms with Crippen LogP contribution in [0.25, 0.3) is 0 Å². The van der Waals surface area contributed by atoms with Crippen LogP contribution in [0.5, 0.6) is 0 Å². The molecule has 0 aromatic heterocycles. The maximum atomic E-state index is 11.4. The third-order valence-corrected chi connectivity index (χ3v) is 2.60. The molecule has 0 atom stereocenters. The summed E-state index contributed by atoms with van der Waals surface area (Å²) in [5, 5.41) is 11.7. The van der Waals surface area contributed by atoms with Crippen LogP contribution < -0.4 is 11.1 Å². The standard InChI is InChI=1S/C15H20N2O2/c1-2-3-4-5-6-12-7-8-14(17-9-10-18)13(11-12)15(16)19/h7-8,11,17-18H,2-4,9-10H2,1H3,(H2,16,19). The molecule has 0 unspecified atom stereocenters. The Kier molecular flexibility index (Phi) is 6.48. The molecular weight excluding hydrogens is 240 g/mol. The summed E-state index contributed by atoms with van der Waals surface area (Å²) in [6.45, 7) is 2.49. The summed E-state index contributed by atoms with van der Waals surface area (Å²) in [5.41, 5.74) is 7.14. The van der Waals surface area contributed by atoms with E-state index in [9.17, 15) is 4.79 Å². The lowest BCUT2D eigenvalue weighted by Crippen LogP contribution is -2.16. The number of aliphatic hydroxyl groups is 1. The lowest BCUT2D eigenvalue weighted by atomic mass is 10.1. The smallest absolute Gasteiger partial charge is 0.250 e. The highest BCUT2D eigenvalue weighted by Crippen LogP contribution is 2.16. The minimum absolute atomic E-state index is 0.00320. The number of rotatable bonds is 6. The average Bonchev–Trinajstić information content (AvgIpc) is 2.41. The van der Waals surface area contributed by atoms with Gasteiger partial charge < -0.3 is 16.2 Å². The van der Waals surface area contributed by atoms with Crippen molar-refractivity contribution in [1.29, 1.82) is 0 Å². The van der Waals surface area contributed by atoms with Crippen LogP contribution in [0.4, 0.5) is 5.69 Å². The molecule has 0 heterocycles. The predicted octanol–water partition coefficient (Wildman–Crippen LogP) is 1.73. The van der Waals surface area contributed by atoms with Gasteiger partial charge in [-0.1, -0.05) is 25.2 Å². The molecule has 0 saturated carbocycles. The van der Waals surface area contributed by atoms with E-state index < -0.39 is 5.91 Å². The van der Waals surface area contributed by atoms with Gasteiger partial charge in [0.25, 0.3) is 5.91 Å². The summed E-state index contributed by atoms with van der Waals surface area (Å²) < 4.78 is 0. The van der Waals surface area contributed by atoms with Gasteiger partial charge in [-0.25, -0.2) is 0 Å². The Morgan fingerprint density at radius 2 is 2.26 bits per heavy atom. The Hall–Kier alpha value is -1.99. The summed E-state index contributed by atoms with van der Waals surface area (Å²) in [6.07, 6.45) is 3.05. The van der Waals surface area contributed by atoms with E-state index in [2.05, 4.69) is 24.1 Å². The highest BCUT2D eigenvalue weighted by molar-refractivity contribution is 5.98. The molecule has 0 aliphatic rings. The number of benzene rings is 1. The van der Waals surface area contributed by atoms with Crippen molar-refractivity contribution in [3.8, 4) is 11.8 Å². The van der Waals surface area contributed by atoms with Crippen LogP contribution in [0.15, 0.2) is 18.2 Å². The topological polar surface area (TPSA) is 75.3 Å². The van der Waals surface area contributed by atoms with Gasteiger partial charge in [0.05, 0.1) is 12.2 Å². The van der Waals surface area contributed by atoms with Gasteiger partial charge in [0.1, 0.15) is 0 Å². The molecule has 4 heteroatoms. The number of carbonyl (C=O) groups is 1. The van der Waals surface area contributed by atoms with Crippen molar-refractivity contribution in [1.82, 2.24) is 0 Å². The number of carbonyl (C=O) groups excluding carboxylic acids is 1. The Bertz CT molecular complexity index is 487. The van der Waals surface area contributed by atoms with Gasteiger partial charge in [0.15, 0.2) is 0 Å². The molecule has 19 heavy (non-hydrogen) atoms. The number of hydrogen-bond acceptors (Lipinski definition) is 3. The Labute approximate surface area is 114 Å². The molecule has 1 aromatic rings. The number of nitrogens with one attached hydrogen (secondary N) is 1. The number of nitrogens with two attached hydrogens (primary N) is 1. The quantitative estimate of drug-likeness (QED) is 0.538. The zero-order valence-corrected chi connectivity index (χ0v) is 11.2. The summed E-state index contributed by atoms with van der Waals surface area (Å²) >= 11 is 0. The van der Waals surface area contributed by atoms with Gasteiger partial charge in [-0.15, -0.1) is 0 Å². The maximum absolute atomic E-state index is 11.4. The first kappa shape index (κ1) is 15.1. The van der Waals surface area contributed by atoms with E-state index in [0.717, 1.165) is 24.8 Å². The van der Waals surface area contributed by atoms with Crippen LogP contribution in [0.2, 0.25) is 0 Å². The summed E-state index contributed by atoms with van der Waals surface area (Å²) in [4.78, 5) is 11.4. The van der Waals surface area contributed by atoms with Crippen LogP contribution in [-0.2, 0) is 0 Å². The first-order valence-electron chi connectivity index (χ1n) is 6.46. The monoisotopic (exact) mass is 260 g/mol. The van der Waals surface area contributed by atoms with Crippen molar-refractivity contribution in [2.45, 2.75) is 26.2 Å². The predicted molar refractivity (Wildman–Crippen MR) is 76.9 cm³/mol. The van der Waals surface area contributed by atoms with Gasteiger partial charge in [-0.05, 0) is 24.6 Å². The van der Waals surface area contributed by atoms with E-state index in [4.69, 9.17) is 10.8 Å². The van der Waals surface area contributed by atoms with E-state index in [1.807, 2.05) is 6.07 Å². The van der Waals surface area contributed by atoms with Gasteiger partial charge in [0, 0.05) is 24.2 Å². The van der Waals surface area contributed by atoms with Crippen LogP contribution >= 0.6 is 0 Å². The second-order valence-corrected chi connectivity index (χ2v) is 4.18.